The zero-order chi connectivity index (χ0) is 29.9. The highest BCUT2D eigenvalue weighted by molar-refractivity contribution is 6.31. The average molecular weight is 608 g/mol. The summed E-state index contributed by atoms with van der Waals surface area (Å²) in [5.74, 6) is -2.04. The highest BCUT2D eigenvalue weighted by Crippen LogP contribution is 2.35. The van der Waals surface area contributed by atoms with E-state index in [1.54, 1.807) is 56.3 Å². The number of fused-ring (bicyclic) bond motifs is 1. The minimum Gasteiger partial charge on any atom is -0.489 e. The maximum Gasteiger partial charge on any atom is 0.417 e. The van der Waals surface area contributed by atoms with Gasteiger partial charge in [-0.1, -0.05) is 53.5 Å². The lowest BCUT2D eigenvalue weighted by Gasteiger charge is -2.29. The lowest BCUT2D eigenvalue weighted by Crippen LogP contribution is -2.57. The topological polar surface area (TPSA) is 87.7 Å². The van der Waals surface area contributed by atoms with Crippen LogP contribution in [-0.2, 0) is 22.2 Å². The Morgan fingerprint density at radius 1 is 1.05 bits per heavy atom. The van der Waals surface area contributed by atoms with Gasteiger partial charge in [-0.2, -0.15) is 13.2 Å². The van der Waals surface area contributed by atoms with Gasteiger partial charge in [0.25, 0.3) is 11.8 Å². The van der Waals surface area contributed by atoms with Crippen LogP contribution >= 0.6 is 23.2 Å². The lowest BCUT2D eigenvalue weighted by atomic mass is 10.0. The van der Waals surface area contributed by atoms with Gasteiger partial charge in [-0.15, -0.1) is 0 Å². The summed E-state index contributed by atoms with van der Waals surface area (Å²) in [6, 6.07) is 12.7. The second-order valence-electron chi connectivity index (χ2n) is 9.65. The predicted molar refractivity (Wildman–Crippen MR) is 149 cm³/mol. The van der Waals surface area contributed by atoms with Crippen molar-refractivity contribution in [2.24, 2.45) is 0 Å². The number of amides is 3. The summed E-state index contributed by atoms with van der Waals surface area (Å²) < 4.78 is 46.6. The van der Waals surface area contributed by atoms with Crippen molar-refractivity contribution in [1.82, 2.24) is 10.6 Å². The third kappa shape index (κ3) is 6.94. The molecule has 1 heterocycles. The Balaban J connectivity index is 1.63. The number of ether oxygens (including phenoxy) is 1. The molecule has 3 aromatic rings. The molecule has 7 nitrogen and oxygen atoms in total. The summed E-state index contributed by atoms with van der Waals surface area (Å²) in [4.78, 5) is 41.7. The van der Waals surface area contributed by atoms with E-state index in [1.165, 1.54) is 11.0 Å². The van der Waals surface area contributed by atoms with Gasteiger partial charge in [0, 0.05) is 28.6 Å². The van der Waals surface area contributed by atoms with E-state index >= 15 is 0 Å². The molecule has 2 N–H and O–H groups in total. The second-order valence-corrected chi connectivity index (χ2v) is 10.5. The van der Waals surface area contributed by atoms with E-state index in [0.717, 1.165) is 18.2 Å². The van der Waals surface area contributed by atoms with Crippen molar-refractivity contribution in [3.8, 4) is 5.75 Å². The Kier molecular flexibility index (Phi) is 9.14. The summed E-state index contributed by atoms with van der Waals surface area (Å²) in [5.41, 5.74) is -0.862. The van der Waals surface area contributed by atoms with Crippen LogP contribution in [0, 0.1) is 0 Å². The number of hydrogen-bond acceptors (Lipinski definition) is 4. The van der Waals surface area contributed by atoms with E-state index in [1.807, 2.05) is 0 Å². The molecule has 1 aliphatic rings. The maximum atomic E-state index is 13.6. The van der Waals surface area contributed by atoms with Crippen LogP contribution in [0.3, 0.4) is 0 Å². The molecule has 0 saturated heterocycles. The SMILES string of the molecule is CC(C)N1C(=O)[C@H](NC(=O)[C@@H](Cc2ccccc2Cl)NC(=O)c2ccccc2C(F)(F)F)COc2cc(Cl)ccc21. The van der Waals surface area contributed by atoms with Gasteiger partial charge < -0.3 is 20.3 Å². The van der Waals surface area contributed by atoms with Crippen molar-refractivity contribution in [3.63, 3.8) is 0 Å². The van der Waals surface area contributed by atoms with Crippen molar-refractivity contribution in [3.05, 3.63) is 93.5 Å². The average Bonchev–Trinajstić information content (AvgIpc) is 3.04. The van der Waals surface area contributed by atoms with Gasteiger partial charge in [-0.25, -0.2) is 0 Å². The fourth-order valence-electron chi connectivity index (χ4n) is 4.50. The number of hydrogen-bond donors (Lipinski definition) is 2. The van der Waals surface area contributed by atoms with Crippen LogP contribution in [0.2, 0.25) is 10.0 Å². The third-order valence-corrected chi connectivity index (χ3v) is 7.04. The fourth-order valence-corrected chi connectivity index (χ4v) is 4.87. The fraction of sp³-hybridized carbons (Fsp3) is 0.276. The van der Waals surface area contributed by atoms with Crippen LogP contribution in [0.1, 0.15) is 35.3 Å². The van der Waals surface area contributed by atoms with Crippen LogP contribution in [0.5, 0.6) is 5.75 Å². The summed E-state index contributed by atoms with van der Waals surface area (Å²) >= 11 is 12.4. The van der Waals surface area contributed by atoms with E-state index in [-0.39, 0.29) is 19.1 Å². The molecular formula is C29H26Cl2F3N3O4. The largest absolute Gasteiger partial charge is 0.489 e. The minimum atomic E-state index is -4.79. The molecule has 4 rings (SSSR count). The molecule has 0 aliphatic carbocycles. The number of alkyl halides is 3. The van der Waals surface area contributed by atoms with Gasteiger partial charge in [-0.05, 0) is 49.7 Å². The highest BCUT2D eigenvalue weighted by atomic mass is 35.5. The van der Waals surface area contributed by atoms with Gasteiger partial charge in [0.05, 0.1) is 16.8 Å². The second kappa shape index (κ2) is 12.4. The van der Waals surface area contributed by atoms with E-state index in [9.17, 15) is 27.6 Å². The molecule has 12 heteroatoms. The van der Waals surface area contributed by atoms with Crippen molar-refractivity contribution in [2.75, 3.05) is 11.5 Å². The molecular weight excluding hydrogens is 582 g/mol. The Morgan fingerprint density at radius 2 is 1.73 bits per heavy atom. The molecule has 2 atom stereocenters. The molecule has 0 fully saturated rings. The molecule has 0 bridgehead atoms. The first kappa shape index (κ1) is 30.2. The van der Waals surface area contributed by atoms with Crippen LogP contribution in [0.25, 0.3) is 0 Å². The molecule has 3 amide bonds. The van der Waals surface area contributed by atoms with E-state index in [4.69, 9.17) is 27.9 Å². The van der Waals surface area contributed by atoms with E-state index in [0.29, 0.717) is 27.0 Å². The van der Waals surface area contributed by atoms with Crippen LogP contribution in [0.4, 0.5) is 18.9 Å². The smallest absolute Gasteiger partial charge is 0.417 e. The zero-order valence-electron chi connectivity index (χ0n) is 22.0. The Morgan fingerprint density at radius 3 is 2.41 bits per heavy atom. The monoisotopic (exact) mass is 607 g/mol. The van der Waals surface area contributed by atoms with Crippen molar-refractivity contribution < 1.29 is 32.3 Å². The summed E-state index contributed by atoms with van der Waals surface area (Å²) in [7, 11) is 0. The van der Waals surface area contributed by atoms with Gasteiger partial charge in [-0.3, -0.25) is 14.4 Å². The van der Waals surface area contributed by atoms with Crippen molar-refractivity contribution in [2.45, 2.75) is 44.6 Å². The number of nitrogens with one attached hydrogen (secondary N) is 2. The lowest BCUT2D eigenvalue weighted by molar-refractivity contribution is -0.138. The number of anilines is 1. The maximum absolute atomic E-state index is 13.6. The summed E-state index contributed by atoms with van der Waals surface area (Å²) in [6.45, 7) is 3.34. The number of nitrogens with zero attached hydrogens (tertiary/aromatic N) is 1. The van der Waals surface area contributed by atoms with Crippen molar-refractivity contribution >= 4 is 46.6 Å². The Labute approximate surface area is 244 Å². The first-order valence-corrected chi connectivity index (χ1v) is 13.4. The Hall–Kier alpha value is -3.76. The Bertz CT molecular complexity index is 1470. The molecule has 216 valence electrons. The number of rotatable bonds is 7. The van der Waals surface area contributed by atoms with Crippen LogP contribution in [-0.4, -0.2) is 42.5 Å². The van der Waals surface area contributed by atoms with Gasteiger partial charge >= 0.3 is 6.18 Å². The zero-order valence-corrected chi connectivity index (χ0v) is 23.5. The van der Waals surface area contributed by atoms with E-state index in [2.05, 4.69) is 10.6 Å². The normalized spacial score (nSPS) is 16.0. The molecule has 0 unspecified atom stereocenters. The third-order valence-electron chi connectivity index (χ3n) is 6.44. The molecule has 0 saturated carbocycles. The molecule has 0 aromatic heterocycles. The summed E-state index contributed by atoms with van der Waals surface area (Å²) in [6.07, 6.45) is -4.95. The standard InChI is InChI=1S/C29H26Cl2F3N3O4/c1-16(2)37-24-12-11-18(30)14-25(24)41-15-23(28(37)40)36-27(39)22(13-17-7-3-6-10-21(17)31)35-26(38)19-8-4-5-9-20(19)29(32,33)34/h3-12,14,16,22-23H,13,15H2,1-2H3,(H,35,38)(H,36,39)/t22-,23-/m1/s1. The quantitative estimate of drug-likeness (QED) is 0.362. The minimum absolute atomic E-state index is 0.156. The number of halogens is 5. The molecule has 0 spiro atoms. The number of carbonyl (C=O) groups excluding carboxylic acids is 3. The highest BCUT2D eigenvalue weighted by Gasteiger charge is 2.38. The first-order valence-electron chi connectivity index (χ1n) is 12.6. The molecule has 1 aliphatic heterocycles. The molecule has 41 heavy (non-hydrogen) atoms. The van der Waals surface area contributed by atoms with E-state index < -0.39 is 47.1 Å². The summed E-state index contributed by atoms with van der Waals surface area (Å²) in [5, 5.41) is 5.71. The molecule has 0 radical (unpaired) electrons. The van der Waals surface area contributed by atoms with Crippen molar-refractivity contribution in [1.29, 1.82) is 0 Å². The van der Waals surface area contributed by atoms with Crippen LogP contribution in [0.15, 0.2) is 66.7 Å². The van der Waals surface area contributed by atoms with Gasteiger partial charge in [0.1, 0.15) is 24.4 Å². The predicted octanol–water partition coefficient (Wildman–Crippen LogP) is 5.67. The van der Waals surface area contributed by atoms with Gasteiger partial charge in [0.15, 0.2) is 0 Å². The molecule has 3 aromatic carbocycles. The number of carbonyl (C=O) groups is 3. The van der Waals surface area contributed by atoms with Crippen LogP contribution < -0.4 is 20.3 Å². The van der Waals surface area contributed by atoms with Gasteiger partial charge in [0.2, 0.25) is 5.91 Å². The number of benzene rings is 3. The first-order chi connectivity index (χ1) is 19.4.